The molecule has 0 aromatic heterocycles. The summed E-state index contributed by atoms with van der Waals surface area (Å²) in [6.45, 7) is 3.74. The van der Waals surface area contributed by atoms with Gasteiger partial charge in [0.1, 0.15) is 6.23 Å². The van der Waals surface area contributed by atoms with Gasteiger partial charge in [0.25, 0.3) is 0 Å². The normalized spacial score (nSPS) is 11.5. The smallest absolute Gasteiger partial charge is 0.303 e. The van der Waals surface area contributed by atoms with Crippen LogP contribution in [-0.2, 0) is 4.79 Å². The number of aliphatic hydroxyl groups excluding tert-OH is 1. The topological polar surface area (TPSA) is 95.6 Å². The zero-order chi connectivity index (χ0) is 13.5. The highest BCUT2D eigenvalue weighted by Crippen LogP contribution is 2.07. The Labute approximate surface area is 104 Å². The lowest BCUT2D eigenvalue weighted by molar-refractivity contribution is -0.137. The molecule has 0 amide bonds. The third kappa shape index (κ3) is 25.5. The highest BCUT2D eigenvalue weighted by atomic mass is 16.4. The van der Waals surface area contributed by atoms with E-state index in [0.29, 0.717) is 6.42 Å². The van der Waals surface area contributed by atoms with Crippen molar-refractivity contribution in [3.63, 3.8) is 0 Å². The second-order valence-electron chi connectivity index (χ2n) is 4.11. The molecule has 1 atom stereocenters. The van der Waals surface area contributed by atoms with Gasteiger partial charge in [0.15, 0.2) is 0 Å². The molecule has 0 fully saturated rings. The molecule has 5 nitrogen and oxygen atoms in total. The molecular weight excluding hydrogens is 220 g/mol. The average Bonchev–Trinajstić information content (AvgIpc) is 2.28. The van der Waals surface area contributed by atoms with Gasteiger partial charge in [0.2, 0.25) is 0 Å². The van der Waals surface area contributed by atoms with Crippen LogP contribution in [0.2, 0.25) is 0 Å². The van der Waals surface area contributed by atoms with Gasteiger partial charge in [0.05, 0.1) is 0 Å². The third-order valence-electron chi connectivity index (χ3n) is 2.24. The number of aliphatic carboxylic acids is 1. The van der Waals surface area contributed by atoms with Crippen LogP contribution in [0.5, 0.6) is 0 Å². The van der Waals surface area contributed by atoms with Crippen LogP contribution < -0.4 is 11.3 Å². The van der Waals surface area contributed by atoms with E-state index in [0.717, 1.165) is 12.8 Å². The summed E-state index contributed by atoms with van der Waals surface area (Å²) in [5, 5.41) is 16.5. The molecule has 5 N–H and O–H groups in total. The molecular formula is C12H28N2O3. The van der Waals surface area contributed by atoms with Crippen LogP contribution >= 0.6 is 0 Å². The molecule has 0 rings (SSSR count). The monoisotopic (exact) mass is 248 g/mol. The minimum Gasteiger partial charge on any atom is -0.481 e. The van der Waals surface area contributed by atoms with E-state index in [2.05, 4.69) is 18.2 Å². The first-order valence-electron chi connectivity index (χ1n) is 6.40. The van der Waals surface area contributed by atoms with E-state index in [1.54, 1.807) is 6.92 Å². The lowest BCUT2D eigenvalue weighted by atomic mass is 10.1. The first-order chi connectivity index (χ1) is 8.04. The van der Waals surface area contributed by atoms with Crippen molar-refractivity contribution in [1.82, 2.24) is 5.43 Å². The summed E-state index contributed by atoms with van der Waals surface area (Å²) in [4.78, 5) is 10.1. The van der Waals surface area contributed by atoms with Crippen LogP contribution in [-0.4, -0.2) is 22.4 Å². The summed E-state index contributed by atoms with van der Waals surface area (Å²) < 4.78 is 0. The van der Waals surface area contributed by atoms with Gasteiger partial charge in [-0.3, -0.25) is 10.6 Å². The van der Waals surface area contributed by atoms with Crippen LogP contribution in [0.1, 0.15) is 65.2 Å². The van der Waals surface area contributed by atoms with Crippen molar-refractivity contribution < 1.29 is 15.0 Å². The Balaban J connectivity index is 0. The average molecular weight is 248 g/mol. The fourth-order valence-corrected chi connectivity index (χ4v) is 1.23. The van der Waals surface area contributed by atoms with Crippen molar-refractivity contribution in [2.75, 3.05) is 0 Å². The Morgan fingerprint density at radius 1 is 1.18 bits per heavy atom. The van der Waals surface area contributed by atoms with Crippen molar-refractivity contribution in [3.8, 4) is 0 Å². The van der Waals surface area contributed by atoms with Crippen molar-refractivity contribution >= 4 is 5.97 Å². The molecule has 0 aromatic carbocycles. The minimum absolute atomic E-state index is 0.341. The Morgan fingerprint density at radius 3 is 1.94 bits per heavy atom. The maximum Gasteiger partial charge on any atom is 0.303 e. The summed E-state index contributed by atoms with van der Waals surface area (Å²) >= 11 is 0. The number of hydrogen-bond acceptors (Lipinski definition) is 4. The predicted octanol–water partition coefficient (Wildman–Crippen LogP) is 2.00. The first-order valence-corrected chi connectivity index (χ1v) is 6.40. The van der Waals surface area contributed by atoms with Crippen LogP contribution in [0.3, 0.4) is 0 Å². The lowest BCUT2D eigenvalue weighted by Gasteiger charge is -1.98. The van der Waals surface area contributed by atoms with Gasteiger partial charge in [-0.15, -0.1) is 0 Å². The maximum atomic E-state index is 10.1. The largest absolute Gasteiger partial charge is 0.481 e. The molecule has 0 saturated carbocycles. The van der Waals surface area contributed by atoms with E-state index < -0.39 is 12.2 Å². The van der Waals surface area contributed by atoms with Crippen molar-refractivity contribution in [2.24, 2.45) is 5.84 Å². The molecule has 5 heteroatoms. The highest BCUT2D eigenvalue weighted by molar-refractivity contribution is 5.66. The van der Waals surface area contributed by atoms with Gasteiger partial charge in [-0.05, 0) is 13.3 Å². The number of nitrogens with one attached hydrogen (secondary N) is 1. The molecule has 104 valence electrons. The fraction of sp³-hybridized carbons (Fsp3) is 0.917. The first kappa shape index (κ1) is 18.7. The molecule has 0 radical (unpaired) electrons. The summed E-state index contributed by atoms with van der Waals surface area (Å²) in [6.07, 6.45) is 8.05. The SMILES string of the molecule is CC(O)NN.CCCCCCCCCC(=O)O. The van der Waals surface area contributed by atoms with E-state index >= 15 is 0 Å². The Kier molecular flexibility index (Phi) is 16.9. The number of unbranched alkanes of at least 4 members (excludes halogenated alkanes) is 6. The number of rotatable bonds is 9. The zero-order valence-electron chi connectivity index (χ0n) is 11.1. The Bertz CT molecular complexity index is 164. The second-order valence-corrected chi connectivity index (χ2v) is 4.11. The minimum atomic E-state index is -0.663. The molecule has 17 heavy (non-hydrogen) atoms. The molecule has 0 aliphatic heterocycles. The quantitative estimate of drug-likeness (QED) is 0.217. The Morgan fingerprint density at radius 2 is 1.59 bits per heavy atom. The van der Waals surface area contributed by atoms with E-state index in [1.165, 1.54) is 32.1 Å². The van der Waals surface area contributed by atoms with E-state index in [9.17, 15) is 4.79 Å². The summed E-state index contributed by atoms with van der Waals surface area (Å²) in [6, 6.07) is 0. The zero-order valence-corrected chi connectivity index (χ0v) is 11.1. The Hall–Kier alpha value is -0.650. The van der Waals surface area contributed by atoms with Crippen LogP contribution in [0, 0.1) is 0 Å². The number of hydrogen-bond donors (Lipinski definition) is 4. The van der Waals surface area contributed by atoms with Gasteiger partial charge in [-0.1, -0.05) is 45.4 Å². The number of carboxylic acids is 1. The van der Waals surface area contributed by atoms with E-state index in [-0.39, 0.29) is 0 Å². The van der Waals surface area contributed by atoms with Crippen molar-refractivity contribution in [2.45, 2.75) is 71.4 Å². The fourth-order valence-electron chi connectivity index (χ4n) is 1.23. The van der Waals surface area contributed by atoms with Gasteiger partial charge < -0.3 is 10.2 Å². The molecule has 0 bridgehead atoms. The van der Waals surface area contributed by atoms with Gasteiger partial charge in [0, 0.05) is 6.42 Å². The lowest BCUT2D eigenvalue weighted by Crippen LogP contribution is -2.31. The van der Waals surface area contributed by atoms with Gasteiger partial charge >= 0.3 is 5.97 Å². The van der Waals surface area contributed by atoms with Crippen molar-refractivity contribution in [1.29, 1.82) is 0 Å². The van der Waals surface area contributed by atoms with Crippen LogP contribution in [0.4, 0.5) is 0 Å². The number of nitrogens with two attached hydrogens (primary N) is 1. The molecule has 0 aliphatic rings. The third-order valence-corrected chi connectivity index (χ3v) is 2.24. The van der Waals surface area contributed by atoms with E-state index in [4.69, 9.17) is 10.2 Å². The number of hydrazine groups is 1. The second kappa shape index (κ2) is 15.4. The van der Waals surface area contributed by atoms with Gasteiger partial charge in [-0.25, -0.2) is 5.43 Å². The maximum absolute atomic E-state index is 10.1. The molecule has 0 aliphatic carbocycles. The summed E-state index contributed by atoms with van der Waals surface area (Å²) in [7, 11) is 0. The predicted molar refractivity (Wildman–Crippen MR) is 69.2 cm³/mol. The highest BCUT2D eigenvalue weighted by Gasteiger charge is 1.95. The molecule has 0 saturated heterocycles. The summed E-state index contributed by atoms with van der Waals surface area (Å²) in [5.74, 6) is 4.01. The van der Waals surface area contributed by atoms with Crippen LogP contribution in [0.15, 0.2) is 0 Å². The number of carboxylic acid groups (broad SMARTS) is 1. The van der Waals surface area contributed by atoms with Crippen LogP contribution in [0.25, 0.3) is 0 Å². The number of aliphatic hydroxyl groups is 1. The molecule has 0 aromatic rings. The number of carbonyl (C=O) groups is 1. The standard InChI is InChI=1S/C10H20O2.C2H8N2O/c1-2-3-4-5-6-7-8-9-10(11)12;1-2(5)4-3/h2-9H2,1H3,(H,11,12);2,4-5H,3H2,1H3. The van der Waals surface area contributed by atoms with Gasteiger partial charge in [-0.2, -0.15) is 0 Å². The molecule has 1 unspecified atom stereocenters. The van der Waals surface area contributed by atoms with E-state index in [1.807, 2.05) is 0 Å². The molecule has 0 spiro atoms. The molecule has 0 heterocycles. The van der Waals surface area contributed by atoms with Crippen molar-refractivity contribution in [3.05, 3.63) is 0 Å². The summed E-state index contributed by atoms with van der Waals surface area (Å²) in [5.41, 5.74) is 2.08.